The first-order valence-electron chi connectivity index (χ1n) is 11.0. The largest absolute Gasteiger partial charge is 0.380 e. The van der Waals surface area contributed by atoms with Gasteiger partial charge < -0.3 is 10.0 Å². The molecule has 0 radical (unpaired) electrons. The molecule has 4 fully saturated rings. The number of fused-ring (bicyclic) bond motifs is 2. The normalized spacial score (nSPS) is 29.9. The Balaban J connectivity index is 1.55. The van der Waals surface area contributed by atoms with Crippen LogP contribution in [0.2, 0.25) is 0 Å². The van der Waals surface area contributed by atoms with Crippen molar-refractivity contribution < 1.29 is 27.1 Å². The molecule has 2 saturated heterocycles. The molecule has 2 bridgehead atoms. The molecule has 2 aromatic carbocycles. The minimum absolute atomic E-state index is 0.00889. The number of benzene rings is 2. The molecule has 2 heterocycles. The highest BCUT2D eigenvalue weighted by molar-refractivity contribution is 7.88. The van der Waals surface area contributed by atoms with E-state index < -0.39 is 51.1 Å². The Morgan fingerprint density at radius 2 is 1.82 bits per heavy atom. The van der Waals surface area contributed by atoms with Gasteiger partial charge in [-0.1, -0.05) is 48.5 Å². The molecule has 6 rings (SSSR count). The van der Waals surface area contributed by atoms with Crippen LogP contribution in [0.15, 0.2) is 48.5 Å². The number of halogens is 2. The molecule has 2 aromatic rings. The number of piperidine rings is 2. The van der Waals surface area contributed by atoms with E-state index in [1.54, 1.807) is 42.5 Å². The summed E-state index contributed by atoms with van der Waals surface area (Å²) < 4.78 is 57.8. The van der Waals surface area contributed by atoms with Crippen LogP contribution in [0.5, 0.6) is 0 Å². The molecule has 6 nitrogen and oxygen atoms in total. The number of carbonyl (C=O) groups excluding carboxylic acids is 1. The van der Waals surface area contributed by atoms with Gasteiger partial charge in [-0.05, 0) is 30.4 Å². The molecule has 0 spiro atoms. The fourth-order valence-electron chi connectivity index (χ4n) is 5.27. The van der Waals surface area contributed by atoms with Crippen molar-refractivity contribution in [2.45, 2.75) is 61.5 Å². The highest BCUT2D eigenvalue weighted by atomic mass is 32.2. The molecule has 4 aliphatic rings. The molecule has 33 heavy (non-hydrogen) atoms. The fraction of sp³-hybridized carbons (Fsp3) is 0.458. The van der Waals surface area contributed by atoms with Crippen LogP contribution in [0, 0.1) is 5.82 Å². The van der Waals surface area contributed by atoms with E-state index in [-0.39, 0.29) is 24.8 Å². The standard InChI is InChI=1S/C24H26F2N2O4S/c1-33(31,32)27-21-19(28(17-13-23(21,26)14-17)22(29)24(30)10-11-24)12-16-8-5-9-18(20(16)25)15-6-3-2-4-7-15/h2-9,17,19,21,27,30H,10-14H2,1H3/t17?,19-,21+,23?/m0/s1. The zero-order valence-corrected chi connectivity index (χ0v) is 19.0. The average molecular weight is 477 g/mol. The number of hydrogen-bond acceptors (Lipinski definition) is 4. The van der Waals surface area contributed by atoms with E-state index in [0.717, 1.165) is 6.26 Å². The summed E-state index contributed by atoms with van der Waals surface area (Å²) >= 11 is 0. The van der Waals surface area contributed by atoms with E-state index in [1.807, 2.05) is 6.07 Å². The zero-order valence-electron chi connectivity index (χ0n) is 18.2. The molecule has 9 heteroatoms. The number of rotatable bonds is 6. The predicted octanol–water partition coefficient (Wildman–Crippen LogP) is 2.56. The quantitative estimate of drug-likeness (QED) is 0.671. The Morgan fingerprint density at radius 1 is 1.15 bits per heavy atom. The van der Waals surface area contributed by atoms with Gasteiger partial charge in [0.1, 0.15) is 17.1 Å². The molecule has 0 aromatic heterocycles. The molecule has 2 N–H and O–H groups in total. The smallest absolute Gasteiger partial charge is 0.255 e. The second-order valence-electron chi connectivity index (χ2n) is 9.62. The number of carbonyl (C=O) groups is 1. The van der Waals surface area contributed by atoms with E-state index in [0.29, 0.717) is 24.0 Å². The lowest BCUT2D eigenvalue weighted by Gasteiger charge is -2.61. The summed E-state index contributed by atoms with van der Waals surface area (Å²) in [5, 5.41) is 10.5. The molecular weight excluding hydrogens is 450 g/mol. The lowest BCUT2D eigenvalue weighted by Crippen LogP contribution is -2.78. The summed E-state index contributed by atoms with van der Waals surface area (Å²) in [4.78, 5) is 14.6. The van der Waals surface area contributed by atoms with Crippen molar-refractivity contribution in [1.29, 1.82) is 0 Å². The lowest BCUT2D eigenvalue weighted by molar-refractivity contribution is -0.176. The zero-order chi connectivity index (χ0) is 23.6. The van der Waals surface area contributed by atoms with Crippen LogP contribution in [0.25, 0.3) is 11.1 Å². The Kier molecular flexibility index (Phi) is 5.15. The van der Waals surface area contributed by atoms with Crippen LogP contribution in [0.3, 0.4) is 0 Å². The second kappa shape index (κ2) is 7.58. The summed E-state index contributed by atoms with van der Waals surface area (Å²) in [5.41, 5.74) is -2.02. The van der Waals surface area contributed by atoms with Crippen molar-refractivity contribution in [2.24, 2.45) is 0 Å². The van der Waals surface area contributed by atoms with Crippen LogP contribution in [0.4, 0.5) is 8.78 Å². The Labute approximate surface area is 191 Å². The number of aliphatic hydroxyl groups is 1. The maximum absolute atomic E-state index is 15.7. The average Bonchev–Trinajstić information content (AvgIpc) is 3.49. The van der Waals surface area contributed by atoms with Crippen molar-refractivity contribution in [2.75, 3.05) is 6.26 Å². The summed E-state index contributed by atoms with van der Waals surface area (Å²) in [5.74, 6) is -1.02. The third-order valence-electron chi connectivity index (χ3n) is 7.13. The van der Waals surface area contributed by atoms with Crippen LogP contribution < -0.4 is 4.72 Å². The molecule has 2 aliphatic heterocycles. The third-order valence-corrected chi connectivity index (χ3v) is 7.81. The second-order valence-corrected chi connectivity index (χ2v) is 11.4. The van der Waals surface area contributed by atoms with Crippen LogP contribution in [-0.4, -0.2) is 60.0 Å². The van der Waals surface area contributed by atoms with E-state index in [9.17, 15) is 18.3 Å². The van der Waals surface area contributed by atoms with E-state index in [4.69, 9.17) is 0 Å². The fourth-order valence-corrected chi connectivity index (χ4v) is 6.10. The molecular formula is C24H26F2N2O4S. The van der Waals surface area contributed by atoms with Crippen LogP contribution in [0.1, 0.15) is 31.2 Å². The van der Waals surface area contributed by atoms with Crippen molar-refractivity contribution in [3.8, 4) is 11.1 Å². The number of alkyl halides is 1. The van der Waals surface area contributed by atoms with Crippen molar-refractivity contribution >= 4 is 15.9 Å². The third kappa shape index (κ3) is 3.96. The maximum atomic E-state index is 15.7. The number of hydrogen-bond donors (Lipinski definition) is 2. The first-order chi connectivity index (χ1) is 15.5. The van der Waals surface area contributed by atoms with Gasteiger partial charge in [0.25, 0.3) is 5.91 Å². The van der Waals surface area contributed by atoms with Crippen molar-refractivity contribution in [3.63, 3.8) is 0 Å². The topological polar surface area (TPSA) is 86.7 Å². The summed E-state index contributed by atoms with van der Waals surface area (Å²) in [6.45, 7) is 0. The SMILES string of the molecule is CS(=O)(=O)N[C@@H]1[C@H](Cc2cccc(-c3ccccc3)c2F)N(C(=O)C2(O)CC2)C2CC1(F)C2. The van der Waals surface area contributed by atoms with Gasteiger partial charge in [-0.15, -0.1) is 0 Å². The van der Waals surface area contributed by atoms with Gasteiger partial charge in [-0.3, -0.25) is 4.79 Å². The van der Waals surface area contributed by atoms with Gasteiger partial charge in [-0.2, -0.15) is 0 Å². The Morgan fingerprint density at radius 3 is 2.42 bits per heavy atom. The van der Waals surface area contributed by atoms with Gasteiger partial charge >= 0.3 is 0 Å². The first-order valence-corrected chi connectivity index (χ1v) is 12.9. The van der Waals surface area contributed by atoms with Crippen LogP contribution in [-0.2, 0) is 21.2 Å². The van der Waals surface area contributed by atoms with E-state index in [1.165, 1.54) is 4.90 Å². The van der Waals surface area contributed by atoms with Crippen molar-refractivity contribution in [1.82, 2.24) is 9.62 Å². The summed E-state index contributed by atoms with van der Waals surface area (Å²) in [7, 11) is -3.81. The molecule has 176 valence electrons. The van der Waals surface area contributed by atoms with Gasteiger partial charge in [0.2, 0.25) is 10.0 Å². The monoisotopic (exact) mass is 476 g/mol. The summed E-state index contributed by atoms with van der Waals surface area (Å²) in [6.07, 6.45) is 1.46. The summed E-state index contributed by atoms with van der Waals surface area (Å²) in [6, 6.07) is 11.2. The van der Waals surface area contributed by atoms with Crippen LogP contribution >= 0.6 is 0 Å². The minimum Gasteiger partial charge on any atom is -0.380 e. The number of amides is 1. The van der Waals surface area contributed by atoms with Gasteiger partial charge in [0.05, 0.1) is 18.3 Å². The molecule has 2 aliphatic carbocycles. The van der Waals surface area contributed by atoms with Crippen molar-refractivity contribution in [3.05, 3.63) is 59.9 Å². The lowest BCUT2D eigenvalue weighted by atomic mass is 9.64. The number of sulfonamides is 1. The molecule has 2 atom stereocenters. The number of nitrogens with zero attached hydrogens (tertiary/aromatic N) is 1. The number of nitrogens with one attached hydrogen (secondary N) is 1. The molecule has 0 unspecified atom stereocenters. The molecule has 2 saturated carbocycles. The molecule has 1 amide bonds. The maximum Gasteiger partial charge on any atom is 0.255 e. The minimum atomic E-state index is -3.81. The van der Waals surface area contributed by atoms with E-state index >= 15 is 8.78 Å². The van der Waals surface area contributed by atoms with E-state index in [2.05, 4.69) is 4.72 Å². The Bertz CT molecular complexity index is 1190. The predicted molar refractivity (Wildman–Crippen MR) is 119 cm³/mol. The Hall–Kier alpha value is -2.36. The highest BCUT2D eigenvalue weighted by Crippen LogP contribution is 2.52. The highest BCUT2D eigenvalue weighted by Gasteiger charge is 2.66. The van der Waals surface area contributed by atoms with Gasteiger partial charge in [-0.25, -0.2) is 21.9 Å². The van der Waals surface area contributed by atoms with Gasteiger partial charge in [0.15, 0.2) is 0 Å². The van der Waals surface area contributed by atoms with Gasteiger partial charge in [0, 0.05) is 24.4 Å². The first kappa shape index (κ1) is 22.4.